The van der Waals surface area contributed by atoms with Crippen molar-refractivity contribution in [2.45, 2.75) is 33.1 Å². The zero-order valence-corrected chi connectivity index (χ0v) is 10.1. The Kier molecular flexibility index (Phi) is 2.03. The van der Waals surface area contributed by atoms with Crippen LogP contribution in [-0.4, -0.2) is 5.78 Å². The van der Waals surface area contributed by atoms with Gasteiger partial charge in [0, 0.05) is 10.8 Å². The van der Waals surface area contributed by atoms with Crippen LogP contribution in [0.4, 0.5) is 0 Å². The van der Waals surface area contributed by atoms with Gasteiger partial charge in [-0.05, 0) is 50.2 Å². The van der Waals surface area contributed by atoms with Crippen LogP contribution in [0.15, 0.2) is 6.07 Å². The molecule has 0 saturated heterocycles. The van der Waals surface area contributed by atoms with Crippen molar-refractivity contribution in [2.24, 2.45) is 17.8 Å². The Labute approximate surface area is 94.5 Å². The average molecular weight is 220 g/mol. The van der Waals surface area contributed by atoms with E-state index in [4.69, 9.17) is 0 Å². The minimum absolute atomic E-state index is 0.399. The average Bonchev–Trinajstić information content (AvgIpc) is 2.58. The van der Waals surface area contributed by atoms with Gasteiger partial charge in [0.25, 0.3) is 0 Å². The van der Waals surface area contributed by atoms with Crippen molar-refractivity contribution < 1.29 is 4.79 Å². The van der Waals surface area contributed by atoms with Crippen LogP contribution >= 0.6 is 11.3 Å². The van der Waals surface area contributed by atoms with Crippen molar-refractivity contribution in [1.82, 2.24) is 0 Å². The van der Waals surface area contributed by atoms with Crippen molar-refractivity contribution in [1.29, 1.82) is 0 Å². The minimum Gasteiger partial charge on any atom is -0.293 e. The Bertz CT molecular complexity index is 408. The van der Waals surface area contributed by atoms with Gasteiger partial charge in [-0.1, -0.05) is 6.42 Å². The van der Waals surface area contributed by atoms with Crippen LogP contribution in [0.1, 0.15) is 39.4 Å². The molecule has 2 heteroatoms. The van der Waals surface area contributed by atoms with Crippen LogP contribution in [0.3, 0.4) is 0 Å². The van der Waals surface area contributed by atoms with E-state index in [-0.39, 0.29) is 0 Å². The fourth-order valence-electron chi connectivity index (χ4n) is 3.25. The molecule has 0 N–H and O–H groups in total. The van der Waals surface area contributed by atoms with Crippen molar-refractivity contribution in [3.05, 3.63) is 21.4 Å². The molecule has 3 rings (SSSR count). The van der Waals surface area contributed by atoms with E-state index in [1.165, 1.54) is 29.7 Å². The maximum atomic E-state index is 12.3. The Balaban J connectivity index is 1.84. The maximum Gasteiger partial charge on any atom is 0.176 e. The van der Waals surface area contributed by atoms with Gasteiger partial charge in [-0.15, -0.1) is 11.3 Å². The number of Topliss-reactive ketones (excluding diaryl/α,β-unsaturated/α-hetero) is 1. The number of carbonyl (C=O) groups excluding carboxylic acids is 1. The normalized spacial score (nSPS) is 32.8. The first-order valence-electron chi connectivity index (χ1n) is 5.79. The summed E-state index contributed by atoms with van der Waals surface area (Å²) >= 11 is 1.68. The lowest BCUT2D eigenvalue weighted by atomic mass is 10.1. The maximum absolute atomic E-state index is 12.3. The summed E-state index contributed by atoms with van der Waals surface area (Å²) in [6.07, 6.45) is 3.94. The van der Waals surface area contributed by atoms with Gasteiger partial charge in [0.2, 0.25) is 0 Å². The van der Waals surface area contributed by atoms with Crippen LogP contribution in [0, 0.1) is 31.6 Å². The van der Waals surface area contributed by atoms with Crippen molar-refractivity contribution in [3.63, 3.8) is 0 Å². The summed E-state index contributed by atoms with van der Waals surface area (Å²) in [5, 5.41) is 0. The Morgan fingerprint density at radius 3 is 2.53 bits per heavy atom. The summed E-state index contributed by atoms with van der Waals surface area (Å²) in [5.74, 6) is 2.34. The second-order valence-electron chi connectivity index (χ2n) is 5.02. The van der Waals surface area contributed by atoms with E-state index in [9.17, 15) is 4.79 Å². The largest absolute Gasteiger partial charge is 0.293 e. The first kappa shape index (κ1) is 9.59. The van der Waals surface area contributed by atoms with Gasteiger partial charge in [0.05, 0.1) is 4.88 Å². The van der Waals surface area contributed by atoms with Gasteiger partial charge in [0.1, 0.15) is 0 Å². The monoisotopic (exact) mass is 220 g/mol. The molecular formula is C13H16OS. The molecule has 0 radical (unpaired) electrons. The number of thiophene rings is 1. The number of hydrogen-bond donors (Lipinski definition) is 0. The SMILES string of the molecule is Cc1cc(C)c(C(=O)C2C3CCCC32)s1. The fraction of sp³-hybridized carbons (Fsp3) is 0.615. The standard InChI is InChI=1S/C13H16OS/c1-7-6-8(2)15-13(7)12(14)11-9-4-3-5-10(9)11/h6,9-11H,3-5H2,1-2H3. The summed E-state index contributed by atoms with van der Waals surface area (Å²) < 4.78 is 0. The summed E-state index contributed by atoms with van der Waals surface area (Å²) in [6, 6.07) is 2.13. The molecule has 2 aliphatic rings. The molecule has 0 aliphatic heterocycles. The predicted octanol–water partition coefficient (Wildman–Crippen LogP) is 3.59. The number of rotatable bonds is 2. The molecular weight excluding hydrogens is 204 g/mol. The van der Waals surface area contributed by atoms with E-state index in [0.717, 1.165) is 16.7 Å². The van der Waals surface area contributed by atoms with Gasteiger partial charge >= 0.3 is 0 Å². The highest BCUT2D eigenvalue weighted by atomic mass is 32.1. The molecule has 0 bridgehead atoms. The molecule has 1 aromatic heterocycles. The van der Waals surface area contributed by atoms with Crippen LogP contribution in [0.2, 0.25) is 0 Å². The Morgan fingerprint density at radius 1 is 1.33 bits per heavy atom. The third kappa shape index (κ3) is 1.38. The molecule has 0 aromatic carbocycles. The highest BCUT2D eigenvalue weighted by Gasteiger charge is 2.56. The first-order valence-corrected chi connectivity index (χ1v) is 6.61. The summed E-state index contributed by atoms with van der Waals surface area (Å²) in [5.41, 5.74) is 1.19. The predicted molar refractivity (Wildman–Crippen MR) is 62.4 cm³/mol. The number of aryl methyl sites for hydroxylation is 2. The molecule has 2 fully saturated rings. The number of ketones is 1. The van der Waals surface area contributed by atoms with Gasteiger partial charge < -0.3 is 0 Å². The van der Waals surface area contributed by atoms with E-state index < -0.39 is 0 Å². The third-order valence-corrected chi connectivity index (χ3v) is 5.14. The van der Waals surface area contributed by atoms with Crippen LogP contribution < -0.4 is 0 Å². The highest BCUT2D eigenvalue weighted by molar-refractivity contribution is 7.14. The Morgan fingerprint density at radius 2 is 2.00 bits per heavy atom. The Hall–Kier alpha value is -0.630. The topological polar surface area (TPSA) is 17.1 Å². The zero-order valence-electron chi connectivity index (χ0n) is 9.25. The summed E-state index contributed by atoms with van der Waals surface area (Å²) in [4.78, 5) is 14.6. The van der Waals surface area contributed by atoms with Crippen LogP contribution in [0.5, 0.6) is 0 Å². The molecule has 15 heavy (non-hydrogen) atoms. The molecule has 2 saturated carbocycles. The van der Waals surface area contributed by atoms with Crippen LogP contribution in [-0.2, 0) is 0 Å². The molecule has 2 atom stereocenters. The molecule has 2 aliphatic carbocycles. The van der Waals surface area contributed by atoms with Crippen molar-refractivity contribution in [2.75, 3.05) is 0 Å². The van der Waals surface area contributed by atoms with E-state index in [2.05, 4.69) is 19.9 Å². The molecule has 2 unspecified atom stereocenters. The number of hydrogen-bond acceptors (Lipinski definition) is 2. The fourth-order valence-corrected chi connectivity index (χ4v) is 4.26. The zero-order chi connectivity index (χ0) is 10.6. The lowest BCUT2D eigenvalue weighted by molar-refractivity contribution is 0.0955. The van der Waals surface area contributed by atoms with Gasteiger partial charge in [-0.25, -0.2) is 0 Å². The molecule has 80 valence electrons. The molecule has 1 nitrogen and oxygen atoms in total. The van der Waals surface area contributed by atoms with E-state index in [1.807, 2.05) is 0 Å². The number of carbonyl (C=O) groups is 1. The highest BCUT2D eigenvalue weighted by Crippen LogP contribution is 2.58. The molecule has 1 heterocycles. The van der Waals surface area contributed by atoms with Gasteiger partial charge in [-0.2, -0.15) is 0 Å². The van der Waals surface area contributed by atoms with Gasteiger partial charge in [-0.3, -0.25) is 4.79 Å². The van der Waals surface area contributed by atoms with E-state index in [0.29, 0.717) is 11.7 Å². The lowest BCUT2D eigenvalue weighted by Crippen LogP contribution is -2.05. The number of fused-ring (bicyclic) bond motifs is 1. The first-order chi connectivity index (χ1) is 7.18. The summed E-state index contributed by atoms with van der Waals surface area (Å²) in [6.45, 7) is 4.15. The quantitative estimate of drug-likeness (QED) is 0.696. The smallest absolute Gasteiger partial charge is 0.176 e. The van der Waals surface area contributed by atoms with E-state index >= 15 is 0 Å². The van der Waals surface area contributed by atoms with Crippen LogP contribution in [0.25, 0.3) is 0 Å². The molecule has 0 amide bonds. The minimum atomic E-state index is 0.399. The van der Waals surface area contributed by atoms with Crippen molar-refractivity contribution in [3.8, 4) is 0 Å². The lowest BCUT2D eigenvalue weighted by Gasteiger charge is -2.01. The third-order valence-electron chi connectivity index (χ3n) is 3.97. The van der Waals surface area contributed by atoms with E-state index in [1.54, 1.807) is 11.3 Å². The van der Waals surface area contributed by atoms with Gasteiger partial charge in [0.15, 0.2) is 5.78 Å². The second-order valence-corrected chi connectivity index (χ2v) is 6.27. The van der Waals surface area contributed by atoms with Crippen molar-refractivity contribution >= 4 is 17.1 Å². The second kappa shape index (κ2) is 3.18. The molecule has 1 aromatic rings. The summed E-state index contributed by atoms with van der Waals surface area (Å²) in [7, 11) is 0. The molecule has 0 spiro atoms.